The Morgan fingerprint density at radius 1 is 1.30 bits per heavy atom. The number of rotatable bonds is 9. The first-order valence-electron chi connectivity index (χ1n) is 10.5. The maximum atomic E-state index is 10.5. The summed E-state index contributed by atoms with van der Waals surface area (Å²) in [6, 6.07) is 8.18. The van der Waals surface area contributed by atoms with E-state index in [1.54, 1.807) is 0 Å². The number of nitrogens with zero attached hydrogens (tertiary/aromatic N) is 3. The summed E-state index contributed by atoms with van der Waals surface area (Å²) in [5.41, 5.74) is 8.86. The monoisotopic (exact) mass is 426 g/mol. The molecular formula is C22H35BN4O2Si. The van der Waals surface area contributed by atoms with Gasteiger partial charge in [-0.1, -0.05) is 20.8 Å². The van der Waals surface area contributed by atoms with Gasteiger partial charge in [-0.15, -0.1) is 0 Å². The zero-order valence-electron chi connectivity index (χ0n) is 19.3. The molecule has 0 saturated carbocycles. The molecule has 2 unspecified atom stereocenters. The number of nitrogens with two attached hydrogens (primary N) is 1. The molecule has 1 heterocycles. The zero-order chi connectivity index (χ0) is 22.5. The molecule has 2 N–H and O–H groups in total. The van der Waals surface area contributed by atoms with E-state index < -0.39 is 8.32 Å². The Bertz CT molecular complexity index is 872. The van der Waals surface area contributed by atoms with Crippen LogP contribution in [-0.4, -0.2) is 43.7 Å². The van der Waals surface area contributed by atoms with Gasteiger partial charge in [0.2, 0.25) is 0 Å². The van der Waals surface area contributed by atoms with E-state index >= 15 is 0 Å². The van der Waals surface area contributed by atoms with Crippen LogP contribution in [0.3, 0.4) is 0 Å². The first-order valence-corrected chi connectivity index (χ1v) is 13.4. The summed E-state index contributed by atoms with van der Waals surface area (Å²) in [4.78, 5) is 9.04. The molecule has 0 saturated heterocycles. The molecule has 8 heteroatoms. The summed E-state index contributed by atoms with van der Waals surface area (Å²) < 4.78 is 19.1. The number of hydrogen-bond donors (Lipinski definition) is 1. The fraction of sp³-hybridized carbons (Fsp3) is 0.545. The predicted molar refractivity (Wildman–Crippen MR) is 127 cm³/mol. The third kappa shape index (κ3) is 6.06. The molecule has 0 bridgehead atoms. The van der Waals surface area contributed by atoms with Crippen molar-refractivity contribution < 1.29 is 9.13 Å². The third-order valence-corrected chi connectivity index (χ3v) is 10.5. The van der Waals surface area contributed by atoms with E-state index in [2.05, 4.69) is 74.6 Å². The van der Waals surface area contributed by atoms with Crippen LogP contribution in [0.15, 0.2) is 35.5 Å². The SMILES string of the molecule is CC(O[Si](C)(C)C(C)(C)C)c1nc(-c2ccc(CC(CN)/N=C/B=O)cc2)cn1C. The number of imidazole rings is 1. The molecule has 1 aromatic heterocycles. The van der Waals surface area contributed by atoms with Crippen LogP contribution < -0.4 is 5.73 Å². The molecule has 0 aliphatic heterocycles. The van der Waals surface area contributed by atoms with Crippen molar-refractivity contribution in [1.82, 2.24) is 9.55 Å². The molecule has 30 heavy (non-hydrogen) atoms. The van der Waals surface area contributed by atoms with Crippen LogP contribution in [-0.2, 0) is 22.6 Å². The molecular weight excluding hydrogens is 391 g/mol. The molecule has 2 rings (SSSR count). The standard InChI is InChI=1S/C22H35BN4O2Si/c1-16(29-30(6,7)22(2,3)4)21-26-20(14-27(21)5)18-10-8-17(9-11-18)12-19(13-24)25-15-23-28/h8-11,14-16,19H,12-13,24H2,1-7H3/b25-15+. The molecule has 162 valence electrons. The second-order valence-corrected chi connectivity index (χ2v) is 14.1. The summed E-state index contributed by atoms with van der Waals surface area (Å²) in [5.74, 6) is 0.935. The van der Waals surface area contributed by atoms with E-state index in [4.69, 9.17) is 15.1 Å². The summed E-state index contributed by atoms with van der Waals surface area (Å²) in [6.45, 7) is 13.8. The van der Waals surface area contributed by atoms with Gasteiger partial charge in [0.1, 0.15) is 0 Å². The van der Waals surface area contributed by atoms with Gasteiger partial charge in [-0.05, 0) is 25.1 Å². The van der Waals surface area contributed by atoms with E-state index in [0.29, 0.717) is 20.1 Å². The Kier molecular flexibility index (Phi) is 8.07. The quantitative estimate of drug-likeness (QED) is 0.483. The molecule has 0 spiro atoms. The van der Waals surface area contributed by atoms with Gasteiger partial charge in [0, 0.05) is 0 Å². The van der Waals surface area contributed by atoms with Crippen molar-refractivity contribution >= 4 is 21.6 Å². The molecule has 2 atom stereocenters. The second-order valence-electron chi connectivity index (χ2n) is 9.34. The minimum absolute atomic E-state index is 0.0649. The van der Waals surface area contributed by atoms with Crippen molar-refractivity contribution in [2.24, 2.45) is 17.8 Å². The molecule has 1 aromatic carbocycles. The summed E-state index contributed by atoms with van der Waals surface area (Å²) in [5, 5.41) is 0.155. The van der Waals surface area contributed by atoms with Gasteiger partial charge in [-0.25, -0.2) is 0 Å². The van der Waals surface area contributed by atoms with E-state index in [-0.39, 0.29) is 17.2 Å². The topological polar surface area (TPSA) is 82.5 Å². The minimum atomic E-state index is -1.88. The molecule has 0 aliphatic carbocycles. The zero-order valence-corrected chi connectivity index (χ0v) is 20.3. The van der Waals surface area contributed by atoms with E-state index in [1.807, 2.05) is 13.2 Å². The summed E-state index contributed by atoms with van der Waals surface area (Å²) in [6.07, 6.45) is 3.96. The second kappa shape index (κ2) is 9.94. The van der Waals surface area contributed by atoms with Crippen LogP contribution in [0, 0.1) is 0 Å². The number of hydrogen-bond acceptors (Lipinski definition) is 5. The average Bonchev–Trinajstić information content (AvgIpc) is 3.06. The van der Waals surface area contributed by atoms with Crippen LogP contribution in [0.4, 0.5) is 0 Å². The van der Waals surface area contributed by atoms with Gasteiger partial charge in [-0.2, -0.15) is 0 Å². The van der Waals surface area contributed by atoms with Crippen molar-refractivity contribution in [1.29, 1.82) is 0 Å². The predicted octanol–water partition coefficient (Wildman–Crippen LogP) is 4.12. The van der Waals surface area contributed by atoms with Crippen molar-refractivity contribution in [2.45, 2.75) is 64.4 Å². The molecule has 2 aromatic rings. The van der Waals surface area contributed by atoms with Gasteiger partial charge in [-0.3, -0.25) is 0 Å². The average molecular weight is 426 g/mol. The fourth-order valence-electron chi connectivity index (χ4n) is 3.11. The van der Waals surface area contributed by atoms with Gasteiger partial charge < -0.3 is 4.43 Å². The van der Waals surface area contributed by atoms with Crippen LogP contribution in [0.5, 0.6) is 0 Å². The molecule has 0 amide bonds. The number of aromatic nitrogens is 2. The Hall–Kier alpha value is -1.90. The first kappa shape index (κ1) is 24.4. The van der Waals surface area contributed by atoms with Gasteiger partial charge in [0.25, 0.3) is 0 Å². The molecule has 0 aliphatic rings. The maximum absolute atomic E-state index is 10.5. The summed E-state index contributed by atoms with van der Waals surface area (Å²) in [7, 11) is 0.820. The number of aryl methyl sites for hydroxylation is 1. The van der Waals surface area contributed by atoms with Crippen LogP contribution in [0.2, 0.25) is 18.1 Å². The normalized spacial score (nSPS) is 14.7. The summed E-state index contributed by atoms with van der Waals surface area (Å²) >= 11 is 0. The van der Waals surface area contributed by atoms with E-state index in [9.17, 15) is 4.70 Å². The van der Waals surface area contributed by atoms with Crippen LogP contribution in [0.1, 0.15) is 45.2 Å². The Morgan fingerprint density at radius 2 is 1.93 bits per heavy atom. The van der Waals surface area contributed by atoms with Gasteiger partial charge in [0.15, 0.2) is 8.32 Å². The van der Waals surface area contributed by atoms with Gasteiger partial charge >= 0.3 is 124 Å². The van der Waals surface area contributed by atoms with Crippen molar-refractivity contribution in [2.75, 3.05) is 6.54 Å². The van der Waals surface area contributed by atoms with Crippen molar-refractivity contribution in [3.05, 3.63) is 41.9 Å². The van der Waals surface area contributed by atoms with Crippen molar-refractivity contribution in [3.8, 4) is 11.3 Å². The Labute approximate surface area is 182 Å². The van der Waals surface area contributed by atoms with Gasteiger partial charge in [0.05, 0.1) is 0 Å². The molecule has 0 radical (unpaired) electrons. The Morgan fingerprint density at radius 3 is 2.47 bits per heavy atom. The third-order valence-electron chi connectivity index (χ3n) is 5.90. The Balaban J connectivity index is 2.16. The fourth-order valence-corrected chi connectivity index (χ4v) is 4.45. The molecule has 6 nitrogen and oxygen atoms in total. The number of aliphatic imine (C=N–C) groups is 1. The first-order chi connectivity index (χ1) is 14.0. The molecule has 0 fully saturated rings. The van der Waals surface area contributed by atoms with Crippen molar-refractivity contribution in [3.63, 3.8) is 0 Å². The number of benzene rings is 1. The van der Waals surface area contributed by atoms with E-state index in [1.165, 1.54) is 6.11 Å². The van der Waals surface area contributed by atoms with Crippen LogP contribution in [0.25, 0.3) is 11.3 Å². The van der Waals surface area contributed by atoms with Crippen LogP contribution >= 0.6 is 0 Å². The van der Waals surface area contributed by atoms with E-state index in [0.717, 1.165) is 22.6 Å².